The molecule has 1 N–H and O–H groups in total. The molecule has 0 bridgehead atoms. The van der Waals surface area contributed by atoms with Gasteiger partial charge in [-0.3, -0.25) is 4.72 Å². The second-order valence-electron chi connectivity index (χ2n) is 3.65. The number of anilines is 1. The summed E-state index contributed by atoms with van der Waals surface area (Å²) >= 11 is 18.0. The summed E-state index contributed by atoms with van der Waals surface area (Å²) in [6.07, 6.45) is 1.14. The van der Waals surface area contributed by atoms with Crippen molar-refractivity contribution in [2.45, 2.75) is 4.90 Å². The average Bonchev–Trinajstić information content (AvgIpc) is 2.37. The molecule has 1 aromatic heterocycles. The minimum atomic E-state index is -3.81. The van der Waals surface area contributed by atoms with Gasteiger partial charge in [0.15, 0.2) is 0 Å². The predicted molar refractivity (Wildman–Crippen MR) is 86.9 cm³/mol. The summed E-state index contributed by atoms with van der Waals surface area (Å²) in [5, 5.41) is 0.119. The number of halogens is 4. The Morgan fingerprint density at radius 1 is 1.15 bits per heavy atom. The molecule has 0 aliphatic heterocycles. The number of nitrogens with one attached hydrogen (secondary N) is 1. The third-order valence-electron chi connectivity index (χ3n) is 2.28. The minimum Gasteiger partial charge on any atom is -0.277 e. The van der Waals surface area contributed by atoms with Crippen molar-refractivity contribution in [1.29, 1.82) is 0 Å². The van der Waals surface area contributed by atoms with Crippen molar-refractivity contribution in [2.24, 2.45) is 0 Å². The van der Waals surface area contributed by atoms with Gasteiger partial charge in [0, 0.05) is 15.1 Å². The van der Waals surface area contributed by atoms with Crippen LogP contribution < -0.4 is 4.72 Å². The number of sulfonamides is 1. The Kier molecular flexibility index (Phi) is 4.96. The van der Waals surface area contributed by atoms with Crippen molar-refractivity contribution in [3.63, 3.8) is 0 Å². The standard InChI is InChI=1S/C11H6Br2Cl2N2O2S/c12-7-2-1-3-8(13)10(7)17-20(18,19)6-4-9(14)11(15)16-5-6/h1-5,17H. The van der Waals surface area contributed by atoms with Crippen LogP contribution in [-0.2, 0) is 10.0 Å². The molecule has 2 aromatic rings. The van der Waals surface area contributed by atoms with E-state index in [0.29, 0.717) is 14.6 Å². The number of para-hydroxylation sites is 1. The van der Waals surface area contributed by atoms with Crippen molar-refractivity contribution in [3.05, 3.63) is 49.6 Å². The molecule has 0 radical (unpaired) electrons. The van der Waals surface area contributed by atoms with Crippen molar-refractivity contribution in [3.8, 4) is 0 Å². The van der Waals surface area contributed by atoms with Crippen LogP contribution in [0.25, 0.3) is 0 Å². The van der Waals surface area contributed by atoms with E-state index in [4.69, 9.17) is 23.2 Å². The molecule has 0 aliphatic rings. The third kappa shape index (κ3) is 3.46. The van der Waals surface area contributed by atoms with Crippen LogP contribution in [0, 0.1) is 0 Å². The van der Waals surface area contributed by atoms with Crippen LogP contribution in [0.1, 0.15) is 0 Å². The average molecular weight is 461 g/mol. The minimum absolute atomic E-state index is 0.0488. The number of nitrogens with zero attached hydrogens (tertiary/aromatic N) is 1. The van der Waals surface area contributed by atoms with Crippen LogP contribution in [0.3, 0.4) is 0 Å². The Balaban J connectivity index is 2.43. The maximum absolute atomic E-state index is 12.3. The van der Waals surface area contributed by atoms with Gasteiger partial charge < -0.3 is 0 Å². The van der Waals surface area contributed by atoms with E-state index in [1.807, 2.05) is 0 Å². The lowest BCUT2D eigenvalue weighted by molar-refractivity contribution is 0.601. The number of aromatic nitrogens is 1. The summed E-state index contributed by atoms with van der Waals surface area (Å²) in [6.45, 7) is 0. The molecule has 2 rings (SSSR count). The molecule has 1 aromatic carbocycles. The van der Waals surface area contributed by atoms with Gasteiger partial charge in [-0.15, -0.1) is 0 Å². The first-order valence-corrected chi connectivity index (χ1v) is 8.91. The largest absolute Gasteiger partial charge is 0.277 e. The van der Waals surface area contributed by atoms with E-state index in [-0.39, 0.29) is 15.1 Å². The third-order valence-corrected chi connectivity index (χ3v) is 5.61. The van der Waals surface area contributed by atoms with Gasteiger partial charge in [-0.25, -0.2) is 13.4 Å². The molecule has 20 heavy (non-hydrogen) atoms. The summed E-state index contributed by atoms with van der Waals surface area (Å²) in [5.74, 6) is 0. The van der Waals surface area contributed by atoms with Crippen LogP contribution in [0.15, 0.2) is 44.3 Å². The van der Waals surface area contributed by atoms with Gasteiger partial charge in [0.05, 0.1) is 10.7 Å². The van der Waals surface area contributed by atoms with Gasteiger partial charge in [-0.1, -0.05) is 29.3 Å². The van der Waals surface area contributed by atoms with E-state index in [1.165, 1.54) is 6.07 Å². The zero-order chi connectivity index (χ0) is 14.9. The quantitative estimate of drug-likeness (QED) is 0.674. The SMILES string of the molecule is O=S(=O)(Nc1c(Br)cccc1Br)c1cnc(Cl)c(Cl)c1. The van der Waals surface area contributed by atoms with Crippen LogP contribution in [0.4, 0.5) is 5.69 Å². The molecule has 0 spiro atoms. The predicted octanol–water partition coefficient (Wildman–Crippen LogP) is 4.71. The van der Waals surface area contributed by atoms with E-state index in [2.05, 4.69) is 41.6 Å². The van der Waals surface area contributed by atoms with Gasteiger partial charge in [-0.05, 0) is 50.1 Å². The van der Waals surface area contributed by atoms with Gasteiger partial charge in [0.2, 0.25) is 0 Å². The molecule has 0 amide bonds. The highest BCUT2D eigenvalue weighted by molar-refractivity contribution is 9.11. The summed E-state index contributed by atoms with van der Waals surface area (Å²) in [7, 11) is -3.81. The van der Waals surface area contributed by atoms with E-state index in [9.17, 15) is 8.42 Å². The summed E-state index contributed by atoms with van der Waals surface area (Å²) in [6, 6.07) is 6.45. The second-order valence-corrected chi connectivity index (χ2v) is 7.80. The number of rotatable bonds is 3. The molecule has 9 heteroatoms. The summed E-state index contributed by atoms with van der Waals surface area (Å²) in [5.41, 5.74) is 0.388. The number of hydrogen-bond acceptors (Lipinski definition) is 3. The molecule has 106 valence electrons. The van der Waals surface area contributed by atoms with Crippen LogP contribution in [0.5, 0.6) is 0 Å². The maximum atomic E-state index is 12.3. The van der Waals surface area contributed by atoms with Crippen LogP contribution in [-0.4, -0.2) is 13.4 Å². The van der Waals surface area contributed by atoms with Crippen molar-refractivity contribution in [2.75, 3.05) is 4.72 Å². The zero-order valence-corrected chi connectivity index (χ0v) is 15.1. The highest BCUT2D eigenvalue weighted by Gasteiger charge is 2.19. The monoisotopic (exact) mass is 458 g/mol. The number of pyridine rings is 1. The molecule has 4 nitrogen and oxygen atoms in total. The first-order chi connectivity index (χ1) is 9.31. The van der Waals surface area contributed by atoms with E-state index in [0.717, 1.165) is 6.20 Å². The first-order valence-electron chi connectivity index (χ1n) is 5.09. The smallest absolute Gasteiger partial charge is 0.263 e. The Morgan fingerprint density at radius 3 is 2.30 bits per heavy atom. The van der Waals surface area contributed by atoms with Crippen LogP contribution in [0.2, 0.25) is 10.2 Å². The van der Waals surface area contributed by atoms with Gasteiger partial charge >= 0.3 is 0 Å². The fraction of sp³-hybridized carbons (Fsp3) is 0. The molecule has 0 fully saturated rings. The second kappa shape index (κ2) is 6.19. The van der Waals surface area contributed by atoms with Gasteiger partial charge in [-0.2, -0.15) is 0 Å². The van der Waals surface area contributed by atoms with Crippen LogP contribution >= 0.6 is 55.1 Å². The summed E-state index contributed by atoms with van der Waals surface area (Å²) < 4.78 is 28.2. The Hall–Kier alpha value is -0.340. The lowest BCUT2D eigenvalue weighted by Gasteiger charge is -2.11. The van der Waals surface area contributed by atoms with Crippen molar-refractivity contribution >= 4 is 70.8 Å². The fourth-order valence-electron chi connectivity index (χ4n) is 1.34. The number of benzene rings is 1. The summed E-state index contributed by atoms with van der Waals surface area (Å²) in [4.78, 5) is 3.65. The lowest BCUT2D eigenvalue weighted by atomic mass is 10.3. The highest BCUT2D eigenvalue weighted by atomic mass is 79.9. The van der Waals surface area contributed by atoms with E-state index >= 15 is 0 Å². The zero-order valence-electron chi connectivity index (χ0n) is 9.57. The molecule has 0 atom stereocenters. The molecular formula is C11H6Br2Cl2N2O2S. The van der Waals surface area contributed by atoms with Crippen molar-refractivity contribution in [1.82, 2.24) is 4.98 Å². The van der Waals surface area contributed by atoms with E-state index < -0.39 is 10.0 Å². The molecule has 0 saturated carbocycles. The topological polar surface area (TPSA) is 59.1 Å². The van der Waals surface area contributed by atoms with E-state index in [1.54, 1.807) is 18.2 Å². The van der Waals surface area contributed by atoms with Crippen molar-refractivity contribution < 1.29 is 8.42 Å². The lowest BCUT2D eigenvalue weighted by Crippen LogP contribution is -2.14. The van der Waals surface area contributed by atoms with Gasteiger partial charge in [0.25, 0.3) is 10.0 Å². The highest BCUT2D eigenvalue weighted by Crippen LogP contribution is 2.33. The maximum Gasteiger partial charge on any atom is 0.263 e. The molecule has 0 saturated heterocycles. The Labute approximate surface area is 142 Å². The fourth-order valence-corrected chi connectivity index (χ4v) is 4.20. The molecular weight excluding hydrogens is 455 g/mol. The normalized spacial score (nSPS) is 11.4. The number of hydrogen-bond donors (Lipinski definition) is 1. The molecule has 0 unspecified atom stereocenters. The van der Waals surface area contributed by atoms with Gasteiger partial charge in [0.1, 0.15) is 10.0 Å². The first kappa shape index (κ1) is 16.0. The molecule has 1 heterocycles. The molecule has 0 aliphatic carbocycles. The Bertz CT molecular complexity index is 749. The Morgan fingerprint density at radius 2 is 1.75 bits per heavy atom.